The Morgan fingerprint density at radius 1 is 0.280 bits per heavy atom. The number of aromatic nitrogens is 5. The van der Waals surface area contributed by atoms with E-state index in [2.05, 4.69) is 225 Å². The second-order valence-corrected chi connectivity index (χ2v) is 24.1. The van der Waals surface area contributed by atoms with Gasteiger partial charge in [-0.2, -0.15) is 0 Å². The molecule has 5 aromatic carbocycles. The minimum absolute atomic E-state index is 0.999. The van der Waals surface area contributed by atoms with E-state index in [4.69, 9.17) is 15.0 Å². The van der Waals surface area contributed by atoms with Crippen LogP contribution < -0.4 is 0 Å². The van der Waals surface area contributed by atoms with Crippen molar-refractivity contribution in [1.82, 2.24) is 24.9 Å². The number of rotatable bonds is 0. The molecule has 0 aliphatic heterocycles. The molecule has 0 fully saturated rings. The Balaban J connectivity index is 0.000000108. The van der Waals surface area contributed by atoms with E-state index in [1.807, 2.05) is 12.4 Å². The zero-order valence-corrected chi connectivity index (χ0v) is 51.7. The van der Waals surface area contributed by atoms with Gasteiger partial charge in [0.15, 0.2) is 0 Å². The molecule has 0 bridgehead atoms. The summed E-state index contributed by atoms with van der Waals surface area (Å²) in [7, 11) is 0. The predicted octanol–water partition coefficient (Wildman–Crippen LogP) is 18.5. The highest BCUT2D eigenvalue weighted by Gasteiger charge is 2.28. The SMILES string of the molecule is Cc1cc(C)c2c(n1)Cc1c-2ccc(C)c1C.Cc1cc2c(nc1C)Cc1c-2ccc(C)c1C.Cc1ccc2c(c1C)Cc1ncc(C)c(C)c1-2.Cc1cnc2c(c1C)Cc1ccccc1-2.Cc1nc2c(c(C)c1C)Cc1ccccc1-2. The van der Waals surface area contributed by atoms with Crippen molar-refractivity contribution in [3.63, 3.8) is 0 Å². The van der Waals surface area contributed by atoms with Gasteiger partial charge in [-0.1, -0.05) is 84.9 Å². The average Bonchev–Trinajstić information content (AvgIpc) is 4.15. The van der Waals surface area contributed by atoms with Crippen molar-refractivity contribution >= 4 is 0 Å². The molecular formula is C77H79N5. The number of nitrogens with zero attached hydrogens (tertiary/aromatic N) is 5. The third-order valence-electron chi connectivity index (χ3n) is 19.2. The number of hydrogen-bond donors (Lipinski definition) is 0. The number of hydrogen-bond acceptors (Lipinski definition) is 5. The van der Waals surface area contributed by atoms with Crippen LogP contribution in [0, 0.1) is 118 Å². The fraction of sp³-hybridized carbons (Fsp3) is 0.286. The van der Waals surface area contributed by atoms with Crippen LogP contribution in [0.1, 0.15) is 151 Å². The first kappa shape index (κ1) is 55.7. The smallest absolute Gasteiger partial charge is 0.0746 e. The maximum atomic E-state index is 4.76. The first-order chi connectivity index (χ1) is 39.2. The van der Waals surface area contributed by atoms with Gasteiger partial charge in [0.25, 0.3) is 0 Å². The van der Waals surface area contributed by atoms with Gasteiger partial charge in [0.2, 0.25) is 0 Å². The molecule has 0 atom stereocenters. The Hall–Kier alpha value is -8.15. The van der Waals surface area contributed by atoms with Crippen LogP contribution in [0.15, 0.2) is 109 Å². The van der Waals surface area contributed by atoms with Crippen molar-refractivity contribution in [2.24, 2.45) is 0 Å². The van der Waals surface area contributed by atoms with Gasteiger partial charge >= 0.3 is 0 Å². The molecule has 5 heterocycles. The van der Waals surface area contributed by atoms with E-state index in [1.54, 1.807) is 0 Å². The molecular weight excluding hydrogens is 995 g/mol. The predicted molar refractivity (Wildman–Crippen MR) is 343 cm³/mol. The molecule has 5 heteroatoms. The zero-order chi connectivity index (χ0) is 58.2. The van der Waals surface area contributed by atoms with Gasteiger partial charge in [-0.05, 0) is 263 Å². The summed E-state index contributed by atoms with van der Waals surface area (Å²) in [4.78, 5) is 23.4. The molecule has 0 saturated carbocycles. The van der Waals surface area contributed by atoms with Crippen LogP contribution in [-0.4, -0.2) is 24.9 Å². The maximum Gasteiger partial charge on any atom is 0.0746 e. The second-order valence-electron chi connectivity index (χ2n) is 24.1. The topological polar surface area (TPSA) is 64.5 Å². The molecule has 5 aliphatic rings. The summed E-state index contributed by atoms with van der Waals surface area (Å²) in [6.07, 6.45) is 9.08. The highest BCUT2D eigenvalue weighted by Crippen LogP contribution is 2.44. The van der Waals surface area contributed by atoms with Crippen molar-refractivity contribution in [2.45, 2.75) is 150 Å². The zero-order valence-electron chi connectivity index (χ0n) is 51.7. The number of benzene rings is 5. The van der Waals surface area contributed by atoms with E-state index in [9.17, 15) is 0 Å². The monoisotopic (exact) mass is 1070 g/mol. The first-order valence-electron chi connectivity index (χ1n) is 29.5. The first-order valence-corrected chi connectivity index (χ1v) is 29.5. The quantitative estimate of drug-likeness (QED) is 0.151. The van der Waals surface area contributed by atoms with Crippen LogP contribution in [0.25, 0.3) is 55.9 Å². The lowest BCUT2D eigenvalue weighted by molar-refractivity contribution is 1.04. The summed E-state index contributed by atoms with van der Waals surface area (Å²) < 4.78 is 0. The Kier molecular flexibility index (Phi) is 14.9. The summed E-state index contributed by atoms with van der Waals surface area (Å²) in [5.41, 5.74) is 49.8. The van der Waals surface area contributed by atoms with Crippen molar-refractivity contribution in [2.75, 3.05) is 0 Å². The lowest BCUT2D eigenvalue weighted by Gasteiger charge is -2.10. The fourth-order valence-corrected chi connectivity index (χ4v) is 13.1. The molecule has 0 saturated heterocycles. The minimum Gasteiger partial charge on any atom is -0.260 e. The largest absolute Gasteiger partial charge is 0.260 e. The van der Waals surface area contributed by atoms with Gasteiger partial charge in [0.05, 0.1) is 28.5 Å². The molecule has 0 amide bonds. The van der Waals surface area contributed by atoms with E-state index < -0.39 is 0 Å². The van der Waals surface area contributed by atoms with Crippen molar-refractivity contribution in [3.8, 4) is 55.9 Å². The van der Waals surface area contributed by atoms with E-state index in [-0.39, 0.29) is 0 Å². The number of aryl methyl sites for hydroxylation is 10. The molecule has 15 rings (SSSR count). The lowest BCUT2D eigenvalue weighted by Crippen LogP contribution is -1.97. The molecule has 10 aromatic rings. The summed E-state index contributed by atoms with van der Waals surface area (Å²) in [6, 6.07) is 35.1. The normalized spacial score (nSPS) is 12.5. The third-order valence-corrected chi connectivity index (χ3v) is 19.2. The van der Waals surface area contributed by atoms with Gasteiger partial charge < -0.3 is 0 Å². The van der Waals surface area contributed by atoms with Gasteiger partial charge in [-0.25, -0.2) is 0 Å². The summed E-state index contributed by atoms with van der Waals surface area (Å²) in [6.45, 7) is 36.9. The van der Waals surface area contributed by atoms with E-state index >= 15 is 0 Å². The summed E-state index contributed by atoms with van der Waals surface area (Å²) in [5.74, 6) is 0. The Bertz CT molecular complexity index is 4260. The number of pyridine rings is 5. The Labute approximate surface area is 488 Å². The maximum absolute atomic E-state index is 4.76. The molecule has 0 spiro atoms. The highest BCUT2D eigenvalue weighted by atomic mass is 14.7. The van der Waals surface area contributed by atoms with Gasteiger partial charge in [-0.15, -0.1) is 0 Å². The van der Waals surface area contributed by atoms with Gasteiger partial charge in [-0.3, -0.25) is 24.9 Å². The lowest BCUT2D eigenvalue weighted by atomic mass is 9.96. The summed E-state index contributed by atoms with van der Waals surface area (Å²) >= 11 is 0. The van der Waals surface area contributed by atoms with E-state index in [1.165, 1.54) is 190 Å². The molecule has 5 aromatic heterocycles. The molecule has 0 unspecified atom stereocenters. The highest BCUT2D eigenvalue weighted by molar-refractivity contribution is 5.82. The molecule has 82 heavy (non-hydrogen) atoms. The average molecular weight is 1070 g/mol. The number of fused-ring (bicyclic) bond motifs is 15. The van der Waals surface area contributed by atoms with Crippen LogP contribution in [0.5, 0.6) is 0 Å². The Morgan fingerprint density at radius 2 is 0.768 bits per heavy atom. The second kappa shape index (κ2) is 22.0. The van der Waals surface area contributed by atoms with Gasteiger partial charge in [0.1, 0.15) is 0 Å². The standard InChI is InChI=1S/3C16H17N.C15H15N.C14H13N/c1-9-5-6-13-14(11(9)3)7-15-16(13)12(4)10(2)8-17-15;1-9-5-6-13-14(11(9)3)8-16-15(13)7-10(2)12(4)17-16;1-9-5-6-13-14(12(9)4)8-15-16(13)10(2)7-11(3)17-15;1-9-10(2)14-8-12-6-4-5-7-13(12)15(14)16-11(9)3;1-9-8-15-14-12-6-4-3-5-11(12)7-13(14)10(9)2/h5-6,8H,7H2,1-4H3;2*5-7H,8H2,1-4H3;4-7H,8H2,1-3H3;3-6,8H,7H2,1-2H3. The molecule has 5 nitrogen and oxygen atoms in total. The van der Waals surface area contributed by atoms with Crippen molar-refractivity contribution in [3.05, 3.63) is 260 Å². The van der Waals surface area contributed by atoms with Crippen molar-refractivity contribution in [1.29, 1.82) is 0 Å². The third kappa shape index (κ3) is 9.90. The van der Waals surface area contributed by atoms with Crippen LogP contribution in [-0.2, 0) is 32.1 Å². The Morgan fingerprint density at radius 3 is 1.39 bits per heavy atom. The molecule has 0 radical (unpaired) electrons. The van der Waals surface area contributed by atoms with Crippen LogP contribution in [0.3, 0.4) is 0 Å². The molecule has 0 N–H and O–H groups in total. The fourth-order valence-electron chi connectivity index (χ4n) is 13.1. The summed E-state index contributed by atoms with van der Waals surface area (Å²) in [5, 5.41) is 0. The van der Waals surface area contributed by atoms with Crippen molar-refractivity contribution < 1.29 is 0 Å². The minimum atomic E-state index is 0.999. The van der Waals surface area contributed by atoms with E-state index in [0.29, 0.717) is 0 Å². The van der Waals surface area contributed by atoms with Crippen LogP contribution in [0.4, 0.5) is 0 Å². The van der Waals surface area contributed by atoms with Crippen LogP contribution in [0.2, 0.25) is 0 Å². The van der Waals surface area contributed by atoms with Crippen LogP contribution >= 0.6 is 0 Å². The molecule has 412 valence electrons. The van der Waals surface area contributed by atoms with E-state index in [0.717, 1.165) is 49.2 Å². The van der Waals surface area contributed by atoms with Gasteiger partial charge in [0, 0.05) is 89.4 Å². The molecule has 5 aliphatic carbocycles.